The number of carbonyl (C=O) groups is 2. The molecule has 0 radical (unpaired) electrons. The molecule has 0 N–H and O–H groups in total. The van der Waals surface area contributed by atoms with Crippen LogP contribution in [0.15, 0.2) is 42.5 Å². The van der Waals surface area contributed by atoms with Gasteiger partial charge in [-0.1, -0.05) is 24.3 Å². The van der Waals surface area contributed by atoms with Crippen LogP contribution in [-0.2, 0) is 9.59 Å². The van der Waals surface area contributed by atoms with Crippen LogP contribution in [0, 0.1) is 12.8 Å². The number of ether oxygens (including phenoxy) is 1. The van der Waals surface area contributed by atoms with E-state index in [2.05, 4.69) is 0 Å². The van der Waals surface area contributed by atoms with E-state index in [1.165, 1.54) is 4.90 Å². The maximum absolute atomic E-state index is 13.2. The van der Waals surface area contributed by atoms with Crippen LogP contribution < -0.4 is 14.5 Å². The number of nitrogens with zero attached hydrogens (tertiary/aromatic N) is 2. The highest BCUT2D eigenvalue weighted by molar-refractivity contribution is 6.24. The molecule has 0 unspecified atom stereocenters. The first-order valence-electron chi connectivity index (χ1n) is 8.35. The number of para-hydroxylation sites is 1. The highest BCUT2D eigenvalue weighted by Gasteiger charge is 2.52. The van der Waals surface area contributed by atoms with Crippen molar-refractivity contribution >= 4 is 23.2 Å². The van der Waals surface area contributed by atoms with Crippen molar-refractivity contribution in [2.75, 3.05) is 30.5 Å². The van der Waals surface area contributed by atoms with Gasteiger partial charge < -0.3 is 9.64 Å². The van der Waals surface area contributed by atoms with Crippen molar-refractivity contribution in [1.82, 2.24) is 0 Å². The van der Waals surface area contributed by atoms with Gasteiger partial charge in [-0.3, -0.25) is 9.59 Å². The Morgan fingerprint density at radius 3 is 2.48 bits per heavy atom. The summed E-state index contributed by atoms with van der Waals surface area (Å²) in [6.07, 6.45) is 0. The average molecular weight is 336 g/mol. The number of carbonyl (C=O) groups excluding carboxylic acids is 2. The average Bonchev–Trinajstić information content (AvgIpc) is 2.85. The molecule has 0 bridgehead atoms. The van der Waals surface area contributed by atoms with Crippen molar-refractivity contribution in [2.45, 2.75) is 12.8 Å². The first-order valence-corrected chi connectivity index (χ1v) is 8.35. The van der Waals surface area contributed by atoms with Gasteiger partial charge in [-0.05, 0) is 36.2 Å². The van der Waals surface area contributed by atoms with E-state index in [1.54, 1.807) is 19.2 Å². The van der Waals surface area contributed by atoms with Gasteiger partial charge in [-0.2, -0.15) is 0 Å². The van der Waals surface area contributed by atoms with Crippen molar-refractivity contribution < 1.29 is 14.3 Å². The van der Waals surface area contributed by atoms with Gasteiger partial charge in [0.25, 0.3) is 0 Å². The van der Waals surface area contributed by atoms with Gasteiger partial charge >= 0.3 is 0 Å². The highest BCUT2D eigenvalue weighted by Crippen LogP contribution is 2.48. The maximum atomic E-state index is 13.2. The van der Waals surface area contributed by atoms with E-state index in [9.17, 15) is 9.59 Å². The molecule has 2 amide bonds. The number of benzene rings is 2. The summed E-state index contributed by atoms with van der Waals surface area (Å²) in [7, 11) is 3.57. The molecule has 5 heteroatoms. The number of fused-ring (bicyclic) bond motifs is 3. The maximum Gasteiger partial charge on any atom is 0.242 e. The summed E-state index contributed by atoms with van der Waals surface area (Å²) >= 11 is 0. The van der Waals surface area contributed by atoms with Gasteiger partial charge in [0, 0.05) is 13.6 Å². The molecule has 0 aromatic heterocycles. The lowest BCUT2D eigenvalue weighted by Crippen LogP contribution is -2.37. The number of anilines is 2. The topological polar surface area (TPSA) is 49.9 Å². The van der Waals surface area contributed by atoms with Crippen LogP contribution in [-0.4, -0.2) is 32.5 Å². The molecule has 2 aromatic rings. The SMILES string of the molecule is COc1cc(C)cc2c1N(C)C[C@@H]1C(=O)N(c3ccccc3)C(=O)[C@H]21. The second-order valence-electron chi connectivity index (χ2n) is 6.72. The number of amides is 2. The summed E-state index contributed by atoms with van der Waals surface area (Å²) < 4.78 is 5.53. The number of methoxy groups -OCH3 is 1. The molecule has 2 atom stereocenters. The third kappa shape index (κ3) is 2.22. The summed E-state index contributed by atoms with van der Waals surface area (Å²) in [5.74, 6) is -0.346. The van der Waals surface area contributed by atoms with Crippen LogP contribution in [0.2, 0.25) is 0 Å². The predicted molar refractivity (Wildman–Crippen MR) is 96.2 cm³/mol. The molecule has 2 aliphatic rings. The van der Waals surface area contributed by atoms with Gasteiger partial charge in [0.2, 0.25) is 11.8 Å². The number of aryl methyl sites for hydroxylation is 1. The van der Waals surface area contributed by atoms with Crippen molar-refractivity contribution in [2.24, 2.45) is 5.92 Å². The zero-order valence-corrected chi connectivity index (χ0v) is 14.5. The van der Waals surface area contributed by atoms with Crippen LogP contribution in [0.3, 0.4) is 0 Å². The number of imide groups is 1. The Kier molecular flexibility index (Phi) is 3.53. The van der Waals surface area contributed by atoms with Gasteiger partial charge in [0.05, 0.1) is 30.3 Å². The lowest BCUT2D eigenvalue weighted by molar-refractivity contribution is -0.122. The molecular weight excluding hydrogens is 316 g/mol. The lowest BCUT2D eigenvalue weighted by Gasteiger charge is -2.34. The molecule has 4 rings (SSSR count). The molecule has 1 saturated heterocycles. The van der Waals surface area contributed by atoms with Crippen LogP contribution >= 0.6 is 0 Å². The second kappa shape index (κ2) is 5.62. The van der Waals surface area contributed by atoms with Crippen LogP contribution in [0.4, 0.5) is 11.4 Å². The summed E-state index contributed by atoms with van der Waals surface area (Å²) in [5.41, 5.74) is 3.44. The van der Waals surface area contributed by atoms with Crippen LogP contribution in [0.5, 0.6) is 5.75 Å². The molecular formula is C20H20N2O3. The van der Waals surface area contributed by atoms with E-state index in [0.717, 1.165) is 22.6 Å². The quantitative estimate of drug-likeness (QED) is 0.791. The highest BCUT2D eigenvalue weighted by atomic mass is 16.5. The van der Waals surface area contributed by atoms with E-state index in [0.29, 0.717) is 12.2 Å². The number of hydrogen-bond acceptors (Lipinski definition) is 4. The Hall–Kier alpha value is -2.82. The van der Waals surface area contributed by atoms with Gasteiger partial charge in [-0.15, -0.1) is 0 Å². The molecule has 128 valence electrons. The summed E-state index contributed by atoms with van der Waals surface area (Å²) in [5, 5.41) is 0. The lowest BCUT2D eigenvalue weighted by atomic mass is 9.82. The summed E-state index contributed by atoms with van der Waals surface area (Å²) in [6.45, 7) is 2.48. The van der Waals surface area contributed by atoms with Crippen molar-refractivity contribution in [3.05, 3.63) is 53.6 Å². The van der Waals surface area contributed by atoms with Gasteiger partial charge in [0.15, 0.2) is 0 Å². The van der Waals surface area contributed by atoms with Gasteiger partial charge in [-0.25, -0.2) is 4.90 Å². The van der Waals surface area contributed by atoms with Crippen LogP contribution in [0.25, 0.3) is 0 Å². The third-order valence-electron chi connectivity index (χ3n) is 5.10. The third-order valence-corrected chi connectivity index (χ3v) is 5.10. The first-order chi connectivity index (χ1) is 12.0. The minimum absolute atomic E-state index is 0.126. The predicted octanol–water partition coefficient (Wildman–Crippen LogP) is 2.73. The van der Waals surface area contributed by atoms with E-state index in [1.807, 2.05) is 49.2 Å². The minimum Gasteiger partial charge on any atom is -0.495 e. The molecule has 2 heterocycles. The van der Waals surface area contributed by atoms with Crippen molar-refractivity contribution in [3.63, 3.8) is 0 Å². The smallest absolute Gasteiger partial charge is 0.242 e. The first kappa shape index (κ1) is 15.7. The Bertz CT molecular complexity index is 863. The second-order valence-corrected chi connectivity index (χ2v) is 6.72. The fourth-order valence-corrected chi connectivity index (χ4v) is 4.05. The Morgan fingerprint density at radius 2 is 1.80 bits per heavy atom. The number of rotatable bonds is 2. The standard InChI is InChI=1S/C20H20N2O3/c1-12-9-14-17-15(11-21(2)18(14)16(10-12)25-3)19(23)22(20(17)24)13-7-5-4-6-8-13/h4-10,15,17H,11H2,1-3H3/t15-,17+/m0/s1. The Labute approximate surface area is 146 Å². The van der Waals surface area contributed by atoms with Crippen LogP contribution in [0.1, 0.15) is 17.0 Å². The minimum atomic E-state index is -0.451. The van der Waals surface area contributed by atoms with E-state index < -0.39 is 5.92 Å². The van der Waals surface area contributed by atoms with Crippen molar-refractivity contribution in [1.29, 1.82) is 0 Å². The molecule has 2 aromatic carbocycles. The molecule has 0 spiro atoms. The molecule has 0 aliphatic carbocycles. The van der Waals surface area contributed by atoms with E-state index in [4.69, 9.17) is 4.74 Å². The normalized spacial score (nSPS) is 22.0. The molecule has 5 nitrogen and oxygen atoms in total. The molecule has 2 aliphatic heterocycles. The molecule has 1 fully saturated rings. The largest absolute Gasteiger partial charge is 0.495 e. The zero-order valence-electron chi connectivity index (χ0n) is 14.5. The van der Waals surface area contributed by atoms with Crippen molar-refractivity contribution in [3.8, 4) is 5.75 Å². The van der Waals surface area contributed by atoms with Gasteiger partial charge in [0.1, 0.15) is 5.75 Å². The van der Waals surface area contributed by atoms with E-state index >= 15 is 0 Å². The fourth-order valence-electron chi connectivity index (χ4n) is 4.05. The summed E-state index contributed by atoms with van der Waals surface area (Å²) in [6, 6.07) is 13.1. The summed E-state index contributed by atoms with van der Waals surface area (Å²) in [4.78, 5) is 29.5. The van der Waals surface area contributed by atoms with E-state index in [-0.39, 0.29) is 17.7 Å². The Morgan fingerprint density at radius 1 is 1.08 bits per heavy atom. The molecule has 0 saturated carbocycles. The Balaban J connectivity index is 1.86. The molecule has 25 heavy (non-hydrogen) atoms. The zero-order chi connectivity index (χ0) is 17.7. The monoisotopic (exact) mass is 336 g/mol. The fraction of sp³-hybridized carbons (Fsp3) is 0.300. The number of hydrogen-bond donors (Lipinski definition) is 0.